The van der Waals surface area contributed by atoms with Crippen molar-refractivity contribution in [2.24, 2.45) is 0 Å². The zero-order valence-electron chi connectivity index (χ0n) is 19.8. The number of hydrogen-bond donors (Lipinski definition) is 0. The predicted octanol–water partition coefficient (Wildman–Crippen LogP) is 4.34. The zero-order valence-corrected chi connectivity index (χ0v) is 20.6. The third kappa shape index (κ3) is 4.44. The van der Waals surface area contributed by atoms with Gasteiger partial charge in [-0.1, -0.05) is 48.0 Å². The largest absolute Gasteiger partial charge is 0.452 e. The van der Waals surface area contributed by atoms with E-state index in [0.717, 1.165) is 9.87 Å². The molecule has 2 amide bonds. The van der Waals surface area contributed by atoms with Crippen LogP contribution < -0.4 is 14.1 Å². The van der Waals surface area contributed by atoms with Crippen molar-refractivity contribution in [3.8, 4) is 12.0 Å². The minimum Gasteiger partial charge on any atom is -0.452 e. The summed E-state index contributed by atoms with van der Waals surface area (Å²) in [5.74, 6) is 2.79. The Morgan fingerprint density at radius 2 is 1.31 bits per heavy atom. The number of rotatable bonds is 3. The average Bonchev–Trinajstić information content (AvgIpc) is 3.22. The standard InChI is InChI=1S/C26H23N3O6S/c1-19-13-15-21(16-14-19)36(32,33)27(20-9-5-4-6-10-20)18-17-24-28(25(30)34-2)22-11-7-8-12-23(22)29(24)26(31)35-3/h4-16,24H,1-3H3. The number of hydrogen-bond acceptors (Lipinski definition) is 6. The minimum atomic E-state index is -4.13. The lowest BCUT2D eigenvalue weighted by molar-refractivity contribution is 0.173. The summed E-state index contributed by atoms with van der Waals surface area (Å²) in [5, 5.41) is 0. The zero-order chi connectivity index (χ0) is 25.9. The van der Waals surface area contributed by atoms with Crippen LogP contribution in [-0.2, 0) is 19.5 Å². The van der Waals surface area contributed by atoms with Crippen molar-refractivity contribution in [1.29, 1.82) is 0 Å². The minimum absolute atomic E-state index is 0.0376. The molecule has 0 saturated heterocycles. The first-order valence-electron chi connectivity index (χ1n) is 10.8. The highest BCUT2D eigenvalue weighted by molar-refractivity contribution is 7.93. The van der Waals surface area contributed by atoms with Gasteiger partial charge in [0.2, 0.25) is 0 Å². The van der Waals surface area contributed by atoms with Gasteiger partial charge in [0.1, 0.15) is 0 Å². The molecular formula is C26H23N3O6S. The molecule has 3 aromatic carbocycles. The highest BCUT2D eigenvalue weighted by atomic mass is 32.2. The second kappa shape index (κ2) is 10.0. The van der Waals surface area contributed by atoms with Gasteiger partial charge in [-0.3, -0.25) is 0 Å². The fraction of sp³-hybridized carbons (Fsp3) is 0.154. The van der Waals surface area contributed by atoms with Crippen molar-refractivity contribution in [2.45, 2.75) is 18.0 Å². The van der Waals surface area contributed by atoms with Gasteiger partial charge in [0.15, 0.2) is 6.17 Å². The first kappa shape index (κ1) is 24.6. The van der Waals surface area contributed by atoms with E-state index in [1.807, 2.05) is 6.92 Å². The number of carbonyl (C=O) groups is 2. The summed E-state index contributed by atoms with van der Waals surface area (Å²) >= 11 is 0. The van der Waals surface area contributed by atoms with Crippen LogP contribution in [0.1, 0.15) is 5.56 Å². The molecule has 0 spiro atoms. The van der Waals surface area contributed by atoms with E-state index in [0.29, 0.717) is 11.4 Å². The van der Waals surface area contributed by atoms with E-state index in [1.54, 1.807) is 66.7 Å². The molecule has 0 atom stereocenters. The average molecular weight is 506 g/mol. The summed E-state index contributed by atoms with van der Waals surface area (Å²) in [6.45, 7) is 1.85. The van der Waals surface area contributed by atoms with Crippen molar-refractivity contribution in [3.63, 3.8) is 0 Å². The van der Waals surface area contributed by atoms with Crippen LogP contribution in [0.25, 0.3) is 0 Å². The van der Waals surface area contributed by atoms with Crippen molar-refractivity contribution in [1.82, 2.24) is 0 Å². The van der Waals surface area contributed by atoms with Crippen LogP contribution in [-0.4, -0.2) is 41.0 Å². The van der Waals surface area contributed by atoms with E-state index >= 15 is 0 Å². The van der Waals surface area contributed by atoms with Crippen LogP contribution in [0.15, 0.2) is 83.8 Å². The van der Waals surface area contributed by atoms with Crippen molar-refractivity contribution in [2.75, 3.05) is 28.3 Å². The van der Waals surface area contributed by atoms with Crippen molar-refractivity contribution < 1.29 is 27.5 Å². The van der Waals surface area contributed by atoms with Crippen molar-refractivity contribution in [3.05, 3.63) is 84.4 Å². The van der Waals surface area contributed by atoms with Crippen LogP contribution in [0.5, 0.6) is 0 Å². The first-order valence-corrected chi connectivity index (χ1v) is 12.2. The van der Waals surface area contributed by atoms with Crippen LogP contribution in [0.3, 0.4) is 0 Å². The maximum atomic E-state index is 13.6. The van der Waals surface area contributed by atoms with Gasteiger partial charge in [-0.15, -0.1) is 0 Å². The van der Waals surface area contributed by atoms with Crippen LogP contribution >= 0.6 is 0 Å². The first-order chi connectivity index (χ1) is 17.3. The Kier molecular flexibility index (Phi) is 6.85. The molecular weight excluding hydrogens is 482 g/mol. The molecule has 0 aromatic heterocycles. The number of sulfonamides is 1. The second-order valence-electron chi connectivity index (χ2n) is 7.72. The molecule has 0 N–H and O–H groups in total. The highest BCUT2D eigenvalue weighted by Gasteiger charge is 2.43. The molecule has 4 rings (SSSR count). The fourth-order valence-corrected chi connectivity index (χ4v) is 4.99. The molecule has 0 saturated carbocycles. The maximum Gasteiger partial charge on any atom is 0.416 e. The molecule has 0 unspecified atom stereocenters. The van der Waals surface area contributed by atoms with Crippen LogP contribution in [0.2, 0.25) is 0 Å². The lowest BCUT2D eigenvalue weighted by atomic mass is 10.2. The Morgan fingerprint density at radius 1 is 0.806 bits per heavy atom. The summed E-state index contributed by atoms with van der Waals surface area (Å²) in [7, 11) is -1.72. The van der Waals surface area contributed by atoms with Gasteiger partial charge in [-0.05, 0) is 49.2 Å². The molecule has 1 aliphatic heterocycles. The van der Waals surface area contributed by atoms with Gasteiger partial charge in [-0.25, -0.2) is 27.8 Å². The Labute approximate surface area is 209 Å². The Hall–Kier alpha value is -4.49. The monoisotopic (exact) mass is 505 g/mol. The van der Waals surface area contributed by atoms with Crippen LogP contribution in [0, 0.1) is 18.9 Å². The number of methoxy groups -OCH3 is 2. The maximum absolute atomic E-state index is 13.6. The van der Waals surface area contributed by atoms with Gasteiger partial charge < -0.3 is 9.47 Å². The van der Waals surface area contributed by atoms with E-state index in [2.05, 4.69) is 12.0 Å². The normalized spacial score (nSPS) is 12.9. The lowest BCUT2D eigenvalue weighted by Gasteiger charge is -2.25. The molecule has 36 heavy (non-hydrogen) atoms. The molecule has 0 fully saturated rings. The fourth-order valence-electron chi connectivity index (χ4n) is 3.73. The molecule has 0 radical (unpaired) electrons. The van der Waals surface area contributed by atoms with E-state index in [9.17, 15) is 18.0 Å². The number of nitrogens with zero attached hydrogens (tertiary/aromatic N) is 3. The lowest BCUT2D eigenvalue weighted by Crippen LogP contribution is -2.48. The smallest absolute Gasteiger partial charge is 0.416 e. The van der Waals surface area contributed by atoms with E-state index in [-0.39, 0.29) is 10.6 Å². The molecule has 1 heterocycles. The summed E-state index contributed by atoms with van der Waals surface area (Å²) in [5.41, 5.74) is 1.91. The van der Waals surface area contributed by atoms with E-state index in [1.165, 1.54) is 36.2 Å². The summed E-state index contributed by atoms with van der Waals surface area (Å²) in [6, 6.07) is 24.0. The third-order valence-electron chi connectivity index (χ3n) is 5.48. The molecule has 3 aromatic rings. The van der Waals surface area contributed by atoms with Gasteiger partial charge >= 0.3 is 12.2 Å². The number of ether oxygens (including phenoxy) is 2. The molecule has 0 bridgehead atoms. The Morgan fingerprint density at radius 3 is 1.81 bits per heavy atom. The number of benzene rings is 3. The number of fused-ring (bicyclic) bond motifs is 1. The highest BCUT2D eigenvalue weighted by Crippen LogP contribution is 2.40. The van der Waals surface area contributed by atoms with Crippen LogP contribution in [0.4, 0.5) is 26.7 Å². The molecule has 0 aliphatic carbocycles. The summed E-state index contributed by atoms with van der Waals surface area (Å²) < 4.78 is 38.0. The second-order valence-corrected chi connectivity index (χ2v) is 9.50. The summed E-state index contributed by atoms with van der Waals surface area (Å²) in [6.07, 6.45) is -2.79. The van der Waals surface area contributed by atoms with Crippen molar-refractivity contribution >= 4 is 39.3 Å². The summed E-state index contributed by atoms with van der Waals surface area (Å²) in [4.78, 5) is 27.8. The van der Waals surface area contributed by atoms with Gasteiger partial charge in [0.25, 0.3) is 10.0 Å². The predicted molar refractivity (Wildman–Crippen MR) is 135 cm³/mol. The third-order valence-corrected chi connectivity index (χ3v) is 7.13. The van der Waals surface area contributed by atoms with E-state index in [4.69, 9.17) is 9.47 Å². The number of aryl methyl sites for hydroxylation is 1. The van der Waals surface area contributed by atoms with Gasteiger partial charge in [-0.2, -0.15) is 4.31 Å². The SMILES string of the molecule is COC(=O)N1c2ccccc2N(C(=O)OC)C1C#CN(c1ccccc1)S(=O)(=O)c1ccc(C)cc1. The van der Waals surface area contributed by atoms with Gasteiger partial charge in [0, 0.05) is 6.04 Å². The molecule has 9 nitrogen and oxygen atoms in total. The quantitative estimate of drug-likeness (QED) is 0.388. The number of para-hydroxylation sites is 3. The molecule has 1 aliphatic rings. The number of amides is 2. The van der Waals surface area contributed by atoms with E-state index < -0.39 is 28.4 Å². The Bertz CT molecular complexity index is 1400. The molecule has 184 valence electrons. The molecule has 10 heteroatoms. The topological polar surface area (TPSA) is 96.5 Å². The Balaban J connectivity index is 1.87. The van der Waals surface area contributed by atoms with Gasteiger partial charge in [0.05, 0.1) is 36.2 Å². The number of anilines is 3. The number of carbonyl (C=O) groups excluding carboxylic acids is 2.